The van der Waals surface area contributed by atoms with E-state index < -0.39 is 44.1 Å². The Bertz CT molecular complexity index is 2090. The lowest BCUT2D eigenvalue weighted by molar-refractivity contribution is -0.137. The fraction of sp³-hybridized carbons (Fsp3) is 0.281. The van der Waals surface area contributed by atoms with Crippen LogP contribution in [0.1, 0.15) is 36.4 Å². The molecule has 6 rings (SSSR count). The topological polar surface area (TPSA) is 98.3 Å². The number of hydrogen-bond acceptors (Lipinski definition) is 7. The van der Waals surface area contributed by atoms with Gasteiger partial charge in [0.05, 0.1) is 39.3 Å². The second-order valence-electron chi connectivity index (χ2n) is 11.7. The molecule has 240 valence electrons. The molecule has 0 unspecified atom stereocenters. The summed E-state index contributed by atoms with van der Waals surface area (Å²) in [5.41, 5.74) is -0.857. The van der Waals surface area contributed by atoms with Gasteiger partial charge in [-0.05, 0) is 61.4 Å². The van der Waals surface area contributed by atoms with Gasteiger partial charge in [0, 0.05) is 31.2 Å². The maximum absolute atomic E-state index is 15.6. The highest BCUT2D eigenvalue weighted by Crippen LogP contribution is 2.33. The van der Waals surface area contributed by atoms with Crippen molar-refractivity contribution in [3.63, 3.8) is 0 Å². The van der Waals surface area contributed by atoms with E-state index in [9.17, 15) is 30.8 Å². The molecular formula is C32H27F5N4O4S. The molecule has 1 saturated heterocycles. The van der Waals surface area contributed by atoms with E-state index in [0.29, 0.717) is 11.1 Å². The molecule has 0 spiro atoms. The van der Waals surface area contributed by atoms with Gasteiger partial charge < -0.3 is 14.0 Å². The fourth-order valence-corrected chi connectivity index (χ4v) is 6.66. The van der Waals surface area contributed by atoms with Crippen LogP contribution in [0.2, 0.25) is 0 Å². The smallest absolute Gasteiger partial charge is 0.367 e. The van der Waals surface area contributed by atoms with Crippen LogP contribution in [0.15, 0.2) is 76.2 Å². The van der Waals surface area contributed by atoms with Crippen LogP contribution in [0.25, 0.3) is 22.3 Å². The van der Waals surface area contributed by atoms with E-state index in [4.69, 9.17) is 4.52 Å². The van der Waals surface area contributed by atoms with E-state index in [-0.39, 0.29) is 65.0 Å². The molecular weight excluding hydrogens is 631 g/mol. The molecule has 5 aromatic rings. The summed E-state index contributed by atoms with van der Waals surface area (Å²) in [5, 5.41) is 3.98. The third kappa shape index (κ3) is 6.00. The van der Waals surface area contributed by atoms with Gasteiger partial charge in [-0.3, -0.25) is 4.79 Å². The normalized spacial score (nSPS) is 15.4. The van der Waals surface area contributed by atoms with Crippen molar-refractivity contribution in [2.75, 3.05) is 29.5 Å². The number of fused-ring (bicyclic) bond motifs is 1. The van der Waals surface area contributed by atoms with Crippen LogP contribution in [-0.4, -0.2) is 47.7 Å². The molecule has 1 fully saturated rings. The van der Waals surface area contributed by atoms with Gasteiger partial charge in [-0.25, -0.2) is 17.2 Å². The van der Waals surface area contributed by atoms with E-state index in [1.54, 1.807) is 35.4 Å². The first-order valence-corrected chi connectivity index (χ1v) is 16.0. The Hall–Kier alpha value is -4.59. The number of hydrogen-bond donors (Lipinski definition) is 0. The molecule has 0 N–H and O–H groups in total. The number of sulfone groups is 1. The Balaban J connectivity index is 1.47. The van der Waals surface area contributed by atoms with Gasteiger partial charge in [0.1, 0.15) is 11.6 Å². The summed E-state index contributed by atoms with van der Waals surface area (Å²) in [6.45, 7) is 3.67. The lowest BCUT2D eigenvalue weighted by Crippen LogP contribution is -2.40. The molecule has 0 amide bonds. The van der Waals surface area contributed by atoms with Crippen LogP contribution in [0.3, 0.4) is 0 Å². The number of pyridine rings is 1. The number of alkyl halides is 3. The molecule has 0 bridgehead atoms. The first-order chi connectivity index (χ1) is 21.6. The number of aromatic nitrogens is 3. The minimum Gasteiger partial charge on any atom is -0.367 e. The predicted octanol–water partition coefficient (Wildman–Crippen LogP) is 5.96. The average molecular weight is 659 g/mol. The van der Waals surface area contributed by atoms with Crippen molar-refractivity contribution in [2.24, 2.45) is 0 Å². The summed E-state index contributed by atoms with van der Waals surface area (Å²) in [5.74, 6) is -1.44. The van der Waals surface area contributed by atoms with Crippen molar-refractivity contribution in [2.45, 2.75) is 32.0 Å². The molecule has 0 atom stereocenters. The molecule has 46 heavy (non-hydrogen) atoms. The van der Waals surface area contributed by atoms with E-state index in [1.807, 2.05) is 0 Å². The Morgan fingerprint density at radius 3 is 2.17 bits per heavy atom. The van der Waals surface area contributed by atoms with Crippen molar-refractivity contribution in [1.29, 1.82) is 0 Å². The highest BCUT2D eigenvalue weighted by molar-refractivity contribution is 7.91. The zero-order valence-electron chi connectivity index (χ0n) is 24.6. The van der Waals surface area contributed by atoms with Crippen LogP contribution >= 0.6 is 0 Å². The Kier molecular flexibility index (Phi) is 7.74. The van der Waals surface area contributed by atoms with Crippen molar-refractivity contribution in [1.82, 2.24) is 14.7 Å². The van der Waals surface area contributed by atoms with Gasteiger partial charge in [-0.1, -0.05) is 29.4 Å². The van der Waals surface area contributed by atoms with Gasteiger partial charge in [-0.15, -0.1) is 0 Å². The summed E-state index contributed by atoms with van der Waals surface area (Å²) < 4.78 is 99.8. The highest BCUT2D eigenvalue weighted by Gasteiger charge is 2.32. The lowest BCUT2D eigenvalue weighted by Gasteiger charge is -2.29. The summed E-state index contributed by atoms with van der Waals surface area (Å²) in [6, 6.07) is 12.8. The third-order valence-electron chi connectivity index (χ3n) is 8.24. The van der Waals surface area contributed by atoms with Crippen LogP contribution in [0, 0.1) is 11.6 Å². The van der Waals surface area contributed by atoms with Crippen LogP contribution in [0.4, 0.5) is 27.6 Å². The number of halogens is 5. The Morgan fingerprint density at radius 2 is 1.54 bits per heavy atom. The molecule has 3 aromatic carbocycles. The van der Waals surface area contributed by atoms with Crippen LogP contribution < -0.4 is 10.3 Å². The molecule has 3 heterocycles. The molecule has 2 aromatic heterocycles. The van der Waals surface area contributed by atoms with Crippen LogP contribution in [-0.2, 0) is 28.0 Å². The predicted molar refractivity (Wildman–Crippen MR) is 161 cm³/mol. The van der Waals surface area contributed by atoms with Gasteiger partial charge in [0.2, 0.25) is 17.1 Å². The van der Waals surface area contributed by atoms with Gasteiger partial charge >= 0.3 is 6.18 Å². The Labute approximate surface area is 260 Å². The molecule has 0 aliphatic carbocycles. The number of nitrogens with zero attached hydrogens (tertiary/aromatic N) is 4. The first kappa shape index (κ1) is 31.4. The molecule has 1 aliphatic heterocycles. The minimum absolute atomic E-state index is 0.00680. The largest absolute Gasteiger partial charge is 0.416 e. The molecule has 14 heteroatoms. The third-order valence-corrected chi connectivity index (χ3v) is 9.84. The summed E-state index contributed by atoms with van der Waals surface area (Å²) in [6.07, 6.45) is -3.09. The van der Waals surface area contributed by atoms with Crippen LogP contribution in [0.5, 0.6) is 0 Å². The molecule has 0 saturated carbocycles. The standard InChI is InChI=1S/C32H27F5N4O4S/c1-31(2,20-7-9-22(33)10-8-20)30-38-29(39-45-30)24-18-41(17-19-3-5-21(6-4-19)32(35,36)37)26-16-27(25(34)15-23(26)28(24)42)40-11-13-46(43,44)14-12-40/h3-10,15-16,18H,11-14,17H2,1-2H3. The Morgan fingerprint density at radius 1 is 0.913 bits per heavy atom. The van der Waals surface area contributed by atoms with E-state index in [2.05, 4.69) is 10.1 Å². The highest BCUT2D eigenvalue weighted by atomic mass is 32.2. The first-order valence-electron chi connectivity index (χ1n) is 14.2. The second-order valence-corrected chi connectivity index (χ2v) is 14.0. The van der Waals surface area contributed by atoms with Crippen molar-refractivity contribution >= 4 is 26.4 Å². The zero-order chi connectivity index (χ0) is 33.0. The van der Waals surface area contributed by atoms with Gasteiger partial charge in [0.15, 0.2) is 9.84 Å². The number of rotatable bonds is 6. The summed E-state index contributed by atoms with van der Waals surface area (Å²) >= 11 is 0. The summed E-state index contributed by atoms with van der Waals surface area (Å²) in [7, 11) is -3.25. The van der Waals surface area contributed by atoms with Crippen molar-refractivity contribution in [3.8, 4) is 11.4 Å². The number of benzene rings is 3. The lowest BCUT2D eigenvalue weighted by atomic mass is 9.84. The quantitative estimate of drug-likeness (QED) is 0.208. The monoisotopic (exact) mass is 658 g/mol. The molecule has 0 radical (unpaired) electrons. The van der Waals surface area contributed by atoms with Crippen molar-refractivity contribution < 1.29 is 34.9 Å². The minimum atomic E-state index is -4.53. The average Bonchev–Trinajstić information content (AvgIpc) is 3.50. The zero-order valence-corrected chi connectivity index (χ0v) is 25.4. The van der Waals surface area contributed by atoms with E-state index >= 15 is 4.39 Å². The SMILES string of the molecule is CC(C)(c1ccc(F)cc1)c1nc(-c2cn(Cc3ccc(C(F)(F)F)cc3)c3cc(N4CCS(=O)(=O)CC4)c(F)cc3c2=O)no1. The maximum Gasteiger partial charge on any atom is 0.416 e. The van der Waals surface area contributed by atoms with E-state index in [0.717, 1.165) is 18.2 Å². The fourth-order valence-electron chi connectivity index (χ4n) is 5.46. The maximum atomic E-state index is 15.6. The van der Waals surface area contributed by atoms with Gasteiger partial charge in [0.25, 0.3) is 0 Å². The van der Waals surface area contributed by atoms with Gasteiger partial charge in [-0.2, -0.15) is 18.2 Å². The molecule has 1 aliphatic rings. The van der Waals surface area contributed by atoms with E-state index in [1.165, 1.54) is 36.5 Å². The number of anilines is 1. The van der Waals surface area contributed by atoms with Crippen molar-refractivity contribution in [3.05, 3.63) is 111 Å². The summed E-state index contributed by atoms with van der Waals surface area (Å²) in [4.78, 5) is 19.9. The second kappa shape index (κ2) is 11.3. The molecule has 8 nitrogen and oxygen atoms in total.